The molecule has 1 aromatic heterocycles. The molecule has 0 radical (unpaired) electrons. The van der Waals surface area contributed by atoms with E-state index in [-0.39, 0.29) is 5.91 Å². The lowest BCUT2D eigenvalue weighted by atomic mass is 10.1. The largest absolute Gasteiger partial charge is 0.383 e. The molecule has 6 heteroatoms. The predicted molar refractivity (Wildman–Crippen MR) is 105 cm³/mol. The molecule has 1 saturated heterocycles. The van der Waals surface area contributed by atoms with Crippen molar-refractivity contribution in [2.75, 3.05) is 26.8 Å². The van der Waals surface area contributed by atoms with Gasteiger partial charge in [0.2, 0.25) is 0 Å². The number of imidazole rings is 1. The number of carbonyl (C=O) groups excluding carboxylic acids is 1. The van der Waals surface area contributed by atoms with E-state index >= 15 is 0 Å². The molecule has 1 amide bonds. The Bertz CT molecular complexity index is 749. The van der Waals surface area contributed by atoms with Gasteiger partial charge >= 0.3 is 0 Å². The van der Waals surface area contributed by atoms with Crippen molar-refractivity contribution in [3.05, 3.63) is 46.8 Å². The summed E-state index contributed by atoms with van der Waals surface area (Å²) in [5.74, 6) is 0.990. The number of rotatable bonds is 7. The number of aryl methyl sites for hydroxylation is 1. The first-order valence-electron chi connectivity index (χ1n) is 9.14. The fourth-order valence-corrected chi connectivity index (χ4v) is 4.25. The highest BCUT2D eigenvalue weighted by Gasteiger charge is 2.19. The monoisotopic (exact) mass is 373 g/mol. The number of amides is 1. The van der Waals surface area contributed by atoms with Gasteiger partial charge in [-0.2, -0.15) is 0 Å². The zero-order valence-electron chi connectivity index (χ0n) is 15.8. The Morgan fingerprint density at radius 3 is 2.54 bits per heavy atom. The minimum Gasteiger partial charge on any atom is -0.383 e. The van der Waals surface area contributed by atoms with Crippen LogP contribution in [-0.2, 0) is 17.0 Å². The van der Waals surface area contributed by atoms with Crippen LogP contribution in [0.5, 0.6) is 0 Å². The maximum Gasteiger partial charge on any atom is 0.253 e. The Morgan fingerprint density at radius 2 is 1.88 bits per heavy atom. The number of aromatic nitrogens is 2. The van der Waals surface area contributed by atoms with Gasteiger partial charge < -0.3 is 14.2 Å². The number of methoxy groups -OCH3 is 1. The summed E-state index contributed by atoms with van der Waals surface area (Å²) in [4.78, 5) is 19.1. The van der Waals surface area contributed by atoms with E-state index in [1.54, 1.807) is 18.9 Å². The first-order chi connectivity index (χ1) is 12.6. The zero-order chi connectivity index (χ0) is 18.5. The highest BCUT2D eigenvalue weighted by molar-refractivity contribution is 7.98. The lowest BCUT2D eigenvalue weighted by Gasteiger charge is -2.15. The molecule has 0 saturated carbocycles. The fourth-order valence-electron chi connectivity index (χ4n) is 3.17. The first-order valence-corrected chi connectivity index (χ1v) is 10.1. The number of likely N-dealkylation sites (tertiary alicyclic amines) is 1. The topological polar surface area (TPSA) is 47.4 Å². The normalized spacial score (nSPS) is 14.2. The van der Waals surface area contributed by atoms with E-state index in [1.807, 2.05) is 24.0 Å². The van der Waals surface area contributed by atoms with Crippen molar-refractivity contribution in [2.24, 2.45) is 0 Å². The summed E-state index contributed by atoms with van der Waals surface area (Å²) >= 11 is 1.73. The number of carbonyl (C=O) groups is 1. The summed E-state index contributed by atoms with van der Waals surface area (Å²) in [6, 6.07) is 8.01. The second-order valence-electron chi connectivity index (χ2n) is 6.69. The van der Waals surface area contributed by atoms with Gasteiger partial charge in [-0.05, 0) is 44.4 Å². The number of hydrogen-bond donors (Lipinski definition) is 0. The molecule has 1 aliphatic rings. The Morgan fingerprint density at radius 1 is 1.19 bits per heavy atom. The van der Waals surface area contributed by atoms with Crippen LogP contribution < -0.4 is 0 Å². The molecule has 1 fully saturated rings. The van der Waals surface area contributed by atoms with Crippen LogP contribution >= 0.6 is 11.8 Å². The molecule has 0 unspecified atom stereocenters. The van der Waals surface area contributed by atoms with E-state index in [0.717, 1.165) is 54.6 Å². The fraction of sp³-hybridized carbons (Fsp3) is 0.500. The van der Waals surface area contributed by atoms with Gasteiger partial charge in [-0.25, -0.2) is 4.98 Å². The van der Waals surface area contributed by atoms with Gasteiger partial charge in [-0.15, -0.1) is 0 Å². The van der Waals surface area contributed by atoms with E-state index < -0.39 is 0 Å². The summed E-state index contributed by atoms with van der Waals surface area (Å²) in [7, 11) is 1.72. The maximum absolute atomic E-state index is 12.4. The molecule has 0 N–H and O–H groups in total. The molecule has 26 heavy (non-hydrogen) atoms. The van der Waals surface area contributed by atoms with Crippen LogP contribution in [0.25, 0.3) is 0 Å². The SMILES string of the molecule is COCCn1c(SCc2ccc(C(=O)N3CCCC3)cc2)nc(C)c1C. The average molecular weight is 374 g/mol. The van der Waals surface area contributed by atoms with E-state index in [2.05, 4.69) is 28.6 Å². The summed E-state index contributed by atoms with van der Waals surface area (Å²) in [5, 5.41) is 1.02. The second-order valence-corrected chi connectivity index (χ2v) is 7.64. The van der Waals surface area contributed by atoms with Gasteiger partial charge in [0.05, 0.1) is 12.3 Å². The van der Waals surface area contributed by atoms with Gasteiger partial charge in [-0.3, -0.25) is 4.79 Å². The molecule has 1 aromatic carbocycles. The first kappa shape index (κ1) is 19.0. The molecule has 3 rings (SSSR count). The smallest absolute Gasteiger partial charge is 0.253 e. The minimum absolute atomic E-state index is 0.156. The van der Waals surface area contributed by atoms with Crippen molar-refractivity contribution < 1.29 is 9.53 Å². The van der Waals surface area contributed by atoms with Crippen LogP contribution in [-0.4, -0.2) is 47.2 Å². The number of nitrogens with zero attached hydrogens (tertiary/aromatic N) is 3. The standard InChI is InChI=1S/C20H27N3O2S/c1-15-16(2)23(12-13-25-3)20(21-15)26-14-17-6-8-18(9-7-17)19(24)22-10-4-5-11-22/h6-9H,4-5,10-14H2,1-3H3. The number of thioether (sulfide) groups is 1. The van der Waals surface area contributed by atoms with Crippen LogP contribution in [0.3, 0.4) is 0 Å². The Kier molecular flexibility index (Phi) is 6.38. The lowest BCUT2D eigenvalue weighted by Crippen LogP contribution is -2.27. The van der Waals surface area contributed by atoms with E-state index in [9.17, 15) is 4.79 Å². The van der Waals surface area contributed by atoms with Gasteiger partial charge in [0.15, 0.2) is 5.16 Å². The van der Waals surface area contributed by atoms with Crippen LogP contribution in [0.2, 0.25) is 0 Å². The maximum atomic E-state index is 12.4. The van der Waals surface area contributed by atoms with Gasteiger partial charge in [0.1, 0.15) is 0 Å². The third-order valence-electron chi connectivity index (χ3n) is 4.90. The van der Waals surface area contributed by atoms with Crippen molar-refractivity contribution in [1.82, 2.24) is 14.5 Å². The van der Waals surface area contributed by atoms with Crippen LogP contribution in [0.1, 0.15) is 40.2 Å². The average Bonchev–Trinajstić information content (AvgIpc) is 3.28. The number of hydrogen-bond acceptors (Lipinski definition) is 4. The Labute approximate surface area is 159 Å². The third-order valence-corrected chi connectivity index (χ3v) is 5.95. The Balaban J connectivity index is 1.63. The summed E-state index contributed by atoms with van der Waals surface area (Å²) in [5.41, 5.74) is 4.24. The lowest BCUT2D eigenvalue weighted by molar-refractivity contribution is 0.0793. The highest BCUT2D eigenvalue weighted by atomic mass is 32.2. The third kappa shape index (κ3) is 4.30. The van der Waals surface area contributed by atoms with E-state index in [4.69, 9.17) is 4.74 Å². The summed E-state index contributed by atoms with van der Waals surface area (Å²) < 4.78 is 7.43. The molecule has 2 heterocycles. The number of benzene rings is 1. The summed E-state index contributed by atoms with van der Waals surface area (Å²) in [6.07, 6.45) is 2.24. The summed E-state index contributed by atoms with van der Waals surface area (Å²) in [6.45, 7) is 7.41. The van der Waals surface area contributed by atoms with Crippen LogP contribution in [0.4, 0.5) is 0 Å². The predicted octanol–water partition coefficient (Wildman–Crippen LogP) is 3.67. The van der Waals surface area contributed by atoms with Crippen LogP contribution in [0.15, 0.2) is 29.4 Å². The quantitative estimate of drug-likeness (QED) is 0.695. The van der Waals surface area contributed by atoms with Gasteiger partial charge in [0, 0.05) is 43.8 Å². The van der Waals surface area contributed by atoms with Crippen molar-refractivity contribution >= 4 is 17.7 Å². The van der Waals surface area contributed by atoms with Crippen LogP contribution in [0, 0.1) is 13.8 Å². The van der Waals surface area contributed by atoms with E-state index in [1.165, 1.54) is 11.3 Å². The minimum atomic E-state index is 0.156. The zero-order valence-corrected chi connectivity index (χ0v) is 16.6. The van der Waals surface area contributed by atoms with Crippen molar-refractivity contribution in [3.8, 4) is 0 Å². The molecular weight excluding hydrogens is 346 g/mol. The second kappa shape index (κ2) is 8.73. The van der Waals surface area contributed by atoms with Crippen molar-refractivity contribution in [3.63, 3.8) is 0 Å². The molecular formula is C20H27N3O2S. The van der Waals surface area contributed by atoms with Crippen molar-refractivity contribution in [2.45, 2.75) is 44.1 Å². The van der Waals surface area contributed by atoms with E-state index in [0.29, 0.717) is 6.61 Å². The molecule has 1 aliphatic heterocycles. The Hall–Kier alpha value is -1.79. The van der Waals surface area contributed by atoms with Gasteiger partial charge in [-0.1, -0.05) is 23.9 Å². The number of ether oxygens (including phenoxy) is 1. The molecule has 2 aromatic rings. The van der Waals surface area contributed by atoms with Crippen molar-refractivity contribution in [1.29, 1.82) is 0 Å². The molecule has 140 valence electrons. The molecule has 5 nitrogen and oxygen atoms in total. The molecule has 0 atom stereocenters. The molecule has 0 spiro atoms. The highest BCUT2D eigenvalue weighted by Crippen LogP contribution is 2.25. The van der Waals surface area contributed by atoms with Gasteiger partial charge in [0.25, 0.3) is 5.91 Å². The molecule has 0 aliphatic carbocycles. The molecule has 0 bridgehead atoms.